The van der Waals surface area contributed by atoms with Gasteiger partial charge in [0.1, 0.15) is 0 Å². The van der Waals surface area contributed by atoms with Crippen LogP contribution in [0.15, 0.2) is 30.6 Å². The Balaban J connectivity index is 2.23. The third kappa shape index (κ3) is 3.21. The normalized spacial score (nSPS) is 10.4. The minimum atomic E-state index is 0.682. The molecule has 0 saturated carbocycles. The maximum Gasteiger partial charge on any atom is 0.0998 e. The number of aryl methyl sites for hydroxylation is 2. The zero-order chi connectivity index (χ0) is 13.7. The van der Waals surface area contributed by atoms with Gasteiger partial charge in [-0.15, -0.1) is 0 Å². The molecule has 98 valence electrons. The molecule has 4 nitrogen and oxygen atoms in total. The van der Waals surface area contributed by atoms with E-state index >= 15 is 0 Å². The second-order valence-electron chi connectivity index (χ2n) is 4.50. The first-order valence-corrected chi connectivity index (χ1v) is 6.27. The van der Waals surface area contributed by atoms with Gasteiger partial charge in [-0.05, 0) is 25.5 Å². The molecule has 0 aliphatic heterocycles. The third-order valence-electron chi connectivity index (χ3n) is 2.98. The molecule has 0 fully saturated rings. The van der Waals surface area contributed by atoms with Crippen LogP contribution in [0.5, 0.6) is 0 Å². The molecule has 0 unspecified atom stereocenters. The van der Waals surface area contributed by atoms with E-state index in [9.17, 15) is 0 Å². The van der Waals surface area contributed by atoms with Gasteiger partial charge >= 0.3 is 0 Å². The molecule has 0 atom stereocenters. The Morgan fingerprint density at radius 3 is 3.00 bits per heavy atom. The highest BCUT2D eigenvalue weighted by Crippen LogP contribution is 2.24. The van der Waals surface area contributed by atoms with E-state index in [-0.39, 0.29) is 0 Å². The molecule has 2 aromatic rings. The summed E-state index contributed by atoms with van der Waals surface area (Å²) < 4.78 is 6.91. The summed E-state index contributed by atoms with van der Waals surface area (Å²) in [5, 5.41) is 13.5. The van der Waals surface area contributed by atoms with Gasteiger partial charge in [-0.3, -0.25) is 4.68 Å². The first kappa shape index (κ1) is 13.3. The molecule has 0 spiro atoms. The van der Waals surface area contributed by atoms with Crippen LogP contribution in [0, 0.1) is 18.3 Å². The smallest absolute Gasteiger partial charge is 0.0998 e. The van der Waals surface area contributed by atoms with Crippen LogP contribution in [-0.4, -0.2) is 23.5 Å². The predicted molar refractivity (Wildman–Crippen MR) is 73.6 cm³/mol. The predicted octanol–water partition coefficient (Wildman–Crippen LogP) is 2.77. The lowest BCUT2D eigenvalue weighted by Gasteiger charge is -2.03. The van der Waals surface area contributed by atoms with Crippen LogP contribution in [0.4, 0.5) is 0 Å². The summed E-state index contributed by atoms with van der Waals surface area (Å²) in [6, 6.07) is 8.05. The number of ether oxygens (including phenoxy) is 1. The van der Waals surface area contributed by atoms with Crippen molar-refractivity contribution in [3.8, 4) is 17.2 Å². The number of nitrogens with zero attached hydrogens (tertiary/aromatic N) is 3. The number of rotatable bonds is 5. The maximum atomic E-state index is 9.16. The molecular formula is C15H17N3O. The highest BCUT2D eigenvalue weighted by molar-refractivity contribution is 5.70. The molecule has 19 heavy (non-hydrogen) atoms. The fourth-order valence-electron chi connectivity index (χ4n) is 1.99. The Bertz CT molecular complexity index is 596. The third-order valence-corrected chi connectivity index (χ3v) is 2.98. The standard InChI is InChI=1S/C15H17N3O/c1-12-4-5-13(9-16)15(8-12)14-10-17-18(11-14)6-3-7-19-2/h4-5,8,10-11H,3,6-7H2,1-2H3. The minimum absolute atomic E-state index is 0.682. The van der Waals surface area contributed by atoms with Crippen LogP contribution in [0.1, 0.15) is 17.5 Å². The van der Waals surface area contributed by atoms with Gasteiger partial charge in [0, 0.05) is 37.6 Å². The van der Waals surface area contributed by atoms with Gasteiger partial charge in [0.15, 0.2) is 0 Å². The van der Waals surface area contributed by atoms with E-state index in [1.807, 2.05) is 42.2 Å². The molecular weight excluding hydrogens is 238 g/mol. The van der Waals surface area contributed by atoms with Crippen LogP contribution in [0.25, 0.3) is 11.1 Å². The zero-order valence-corrected chi connectivity index (χ0v) is 11.3. The average molecular weight is 255 g/mol. The molecule has 0 aliphatic rings. The van der Waals surface area contributed by atoms with Crippen molar-refractivity contribution in [2.45, 2.75) is 19.9 Å². The Kier molecular flexibility index (Phi) is 4.32. The fraction of sp³-hybridized carbons (Fsp3) is 0.333. The molecule has 0 saturated heterocycles. The van der Waals surface area contributed by atoms with Crippen molar-refractivity contribution in [1.29, 1.82) is 5.26 Å². The number of aromatic nitrogens is 2. The summed E-state index contributed by atoms with van der Waals surface area (Å²) in [4.78, 5) is 0. The average Bonchev–Trinajstić information content (AvgIpc) is 2.88. The molecule has 0 bridgehead atoms. The van der Waals surface area contributed by atoms with Gasteiger partial charge in [-0.2, -0.15) is 10.4 Å². The summed E-state index contributed by atoms with van der Waals surface area (Å²) in [6.45, 7) is 3.57. The van der Waals surface area contributed by atoms with Crippen LogP contribution < -0.4 is 0 Å². The summed E-state index contributed by atoms with van der Waals surface area (Å²) in [7, 11) is 1.69. The van der Waals surface area contributed by atoms with Crippen LogP contribution in [-0.2, 0) is 11.3 Å². The number of benzene rings is 1. The highest BCUT2D eigenvalue weighted by Gasteiger charge is 2.07. The van der Waals surface area contributed by atoms with E-state index in [0.29, 0.717) is 5.56 Å². The van der Waals surface area contributed by atoms with E-state index in [1.165, 1.54) is 0 Å². The second-order valence-corrected chi connectivity index (χ2v) is 4.50. The largest absolute Gasteiger partial charge is 0.385 e. The molecule has 2 rings (SSSR count). The van der Waals surface area contributed by atoms with Crippen molar-refractivity contribution < 1.29 is 4.74 Å². The van der Waals surface area contributed by atoms with Crippen molar-refractivity contribution in [1.82, 2.24) is 9.78 Å². The molecule has 4 heteroatoms. The van der Waals surface area contributed by atoms with Crippen molar-refractivity contribution >= 4 is 0 Å². The van der Waals surface area contributed by atoms with E-state index in [0.717, 1.165) is 36.3 Å². The number of hydrogen-bond donors (Lipinski definition) is 0. The Labute approximate surface area is 113 Å². The van der Waals surface area contributed by atoms with Crippen molar-refractivity contribution in [3.05, 3.63) is 41.7 Å². The van der Waals surface area contributed by atoms with E-state index in [4.69, 9.17) is 10.00 Å². The lowest BCUT2D eigenvalue weighted by Crippen LogP contribution is -2.01. The SMILES string of the molecule is COCCCn1cc(-c2cc(C)ccc2C#N)cn1. The Morgan fingerprint density at radius 2 is 2.26 bits per heavy atom. The summed E-state index contributed by atoms with van der Waals surface area (Å²) >= 11 is 0. The van der Waals surface area contributed by atoms with Gasteiger partial charge < -0.3 is 4.74 Å². The molecule has 0 amide bonds. The van der Waals surface area contributed by atoms with E-state index < -0.39 is 0 Å². The summed E-state index contributed by atoms with van der Waals surface area (Å²) in [5.41, 5.74) is 3.75. The maximum absolute atomic E-state index is 9.16. The Hall–Kier alpha value is -2.12. The first-order chi connectivity index (χ1) is 9.24. The minimum Gasteiger partial charge on any atom is -0.385 e. The first-order valence-electron chi connectivity index (χ1n) is 6.27. The van der Waals surface area contributed by atoms with Crippen molar-refractivity contribution in [2.24, 2.45) is 0 Å². The van der Waals surface area contributed by atoms with E-state index in [1.54, 1.807) is 7.11 Å². The van der Waals surface area contributed by atoms with Crippen molar-refractivity contribution in [2.75, 3.05) is 13.7 Å². The highest BCUT2D eigenvalue weighted by atomic mass is 16.5. The van der Waals surface area contributed by atoms with Gasteiger partial charge in [0.25, 0.3) is 0 Å². The van der Waals surface area contributed by atoms with Crippen LogP contribution >= 0.6 is 0 Å². The molecule has 0 radical (unpaired) electrons. The Morgan fingerprint density at radius 1 is 1.42 bits per heavy atom. The van der Waals surface area contributed by atoms with Crippen molar-refractivity contribution in [3.63, 3.8) is 0 Å². The van der Waals surface area contributed by atoms with E-state index in [2.05, 4.69) is 11.2 Å². The number of hydrogen-bond acceptors (Lipinski definition) is 3. The monoisotopic (exact) mass is 255 g/mol. The molecule has 0 aliphatic carbocycles. The summed E-state index contributed by atoms with van der Waals surface area (Å²) in [6.07, 6.45) is 4.71. The number of methoxy groups -OCH3 is 1. The zero-order valence-electron chi connectivity index (χ0n) is 11.3. The lowest BCUT2D eigenvalue weighted by atomic mass is 10.0. The van der Waals surface area contributed by atoms with Crippen LogP contribution in [0.2, 0.25) is 0 Å². The quantitative estimate of drug-likeness (QED) is 0.772. The van der Waals surface area contributed by atoms with Crippen LogP contribution in [0.3, 0.4) is 0 Å². The lowest BCUT2D eigenvalue weighted by molar-refractivity contribution is 0.189. The molecule has 1 heterocycles. The van der Waals surface area contributed by atoms with Gasteiger partial charge in [0.05, 0.1) is 17.8 Å². The topological polar surface area (TPSA) is 50.8 Å². The fourth-order valence-corrected chi connectivity index (χ4v) is 1.99. The molecule has 1 aromatic heterocycles. The van der Waals surface area contributed by atoms with Gasteiger partial charge in [0.2, 0.25) is 0 Å². The van der Waals surface area contributed by atoms with Gasteiger partial charge in [-0.25, -0.2) is 0 Å². The number of nitriles is 1. The van der Waals surface area contributed by atoms with Gasteiger partial charge in [-0.1, -0.05) is 11.6 Å². The molecule has 0 N–H and O–H groups in total. The second kappa shape index (κ2) is 6.17. The molecule has 1 aromatic carbocycles. The summed E-state index contributed by atoms with van der Waals surface area (Å²) in [5.74, 6) is 0.